The molecule has 0 saturated carbocycles. The van der Waals surface area contributed by atoms with Crippen molar-refractivity contribution in [3.8, 4) is 16.9 Å². The van der Waals surface area contributed by atoms with Gasteiger partial charge in [0.05, 0.1) is 13.2 Å². The highest BCUT2D eigenvalue weighted by Gasteiger charge is 2.11. The fourth-order valence-electron chi connectivity index (χ4n) is 2.75. The van der Waals surface area contributed by atoms with Crippen LogP contribution in [0.2, 0.25) is 0 Å². The van der Waals surface area contributed by atoms with Gasteiger partial charge in [-0.3, -0.25) is 9.48 Å². The van der Waals surface area contributed by atoms with Crippen LogP contribution in [0.15, 0.2) is 67.0 Å². The SMILES string of the molecule is COc1ccccc1-c1ccc([C@@H](C)NC(=O)Cn2cccn2)cc1. The van der Waals surface area contributed by atoms with Crippen LogP contribution in [0, 0.1) is 0 Å². The molecule has 0 bridgehead atoms. The quantitative estimate of drug-likeness (QED) is 0.751. The van der Waals surface area contributed by atoms with Gasteiger partial charge in [0.15, 0.2) is 0 Å². The Morgan fingerprint density at radius 1 is 1.16 bits per heavy atom. The first kappa shape index (κ1) is 16.8. The molecule has 0 aliphatic heterocycles. The number of carbonyl (C=O) groups excluding carboxylic acids is 1. The number of rotatable bonds is 6. The Bertz CT molecular complexity index is 826. The fourth-order valence-corrected chi connectivity index (χ4v) is 2.75. The lowest BCUT2D eigenvalue weighted by atomic mass is 10.0. The van der Waals surface area contributed by atoms with Crippen molar-refractivity contribution in [2.75, 3.05) is 7.11 Å². The van der Waals surface area contributed by atoms with Crippen LogP contribution in [0.4, 0.5) is 0 Å². The topological polar surface area (TPSA) is 56.1 Å². The first-order chi connectivity index (χ1) is 12.2. The molecular formula is C20H21N3O2. The van der Waals surface area contributed by atoms with Crippen LogP contribution in [0.1, 0.15) is 18.5 Å². The van der Waals surface area contributed by atoms with Crippen molar-refractivity contribution < 1.29 is 9.53 Å². The van der Waals surface area contributed by atoms with E-state index in [0.29, 0.717) is 0 Å². The van der Waals surface area contributed by atoms with E-state index in [1.54, 1.807) is 30.3 Å². The van der Waals surface area contributed by atoms with E-state index in [2.05, 4.69) is 10.4 Å². The van der Waals surface area contributed by atoms with Crippen molar-refractivity contribution in [1.29, 1.82) is 0 Å². The number of hydrogen-bond donors (Lipinski definition) is 1. The summed E-state index contributed by atoms with van der Waals surface area (Å²) >= 11 is 0. The Morgan fingerprint density at radius 3 is 2.60 bits per heavy atom. The molecule has 0 aliphatic carbocycles. The average molecular weight is 335 g/mol. The molecule has 5 nitrogen and oxygen atoms in total. The molecule has 25 heavy (non-hydrogen) atoms. The van der Waals surface area contributed by atoms with Crippen LogP contribution in [0.5, 0.6) is 5.75 Å². The van der Waals surface area contributed by atoms with Gasteiger partial charge >= 0.3 is 0 Å². The van der Waals surface area contributed by atoms with Crippen LogP contribution in [-0.2, 0) is 11.3 Å². The van der Waals surface area contributed by atoms with E-state index in [0.717, 1.165) is 22.4 Å². The second-order valence-corrected chi connectivity index (χ2v) is 5.82. The lowest BCUT2D eigenvalue weighted by Gasteiger charge is -2.15. The predicted octanol–water partition coefficient (Wildman–Crippen LogP) is 3.44. The summed E-state index contributed by atoms with van der Waals surface area (Å²) in [6, 6.07) is 17.8. The third kappa shape index (κ3) is 4.07. The van der Waals surface area contributed by atoms with Gasteiger partial charge in [0.2, 0.25) is 5.91 Å². The fraction of sp³-hybridized carbons (Fsp3) is 0.200. The minimum absolute atomic E-state index is 0.0648. The van der Waals surface area contributed by atoms with E-state index >= 15 is 0 Å². The van der Waals surface area contributed by atoms with Gasteiger partial charge in [-0.05, 0) is 30.2 Å². The van der Waals surface area contributed by atoms with E-state index in [1.807, 2.05) is 55.5 Å². The van der Waals surface area contributed by atoms with E-state index in [9.17, 15) is 4.79 Å². The van der Waals surface area contributed by atoms with E-state index in [-0.39, 0.29) is 18.5 Å². The van der Waals surface area contributed by atoms with Crippen LogP contribution in [0.3, 0.4) is 0 Å². The van der Waals surface area contributed by atoms with Crippen LogP contribution in [0.25, 0.3) is 11.1 Å². The zero-order valence-corrected chi connectivity index (χ0v) is 14.3. The minimum Gasteiger partial charge on any atom is -0.496 e. The number of hydrogen-bond acceptors (Lipinski definition) is 3. The smallest absolute Gasteiger partial charge is 0.242 e. The first-order valence-electron chi connectivity index (χ1n) is 8.17. The van der Waals surface area contributed by atoms with Gasteiger partial charge in [-0.1, -0.05) is 42.5 Å². The molecular weight excluding hydrogens is 314 g/mol. The van der Waals surface area contributed by atoms with Crippen molar-refractivity contribution in [2.45, 2.75) is 19.5 Å². The van der Waals surface area contributed by atoms with Crippen molar-refractivity contribution >= 4 is 5.91 Å². The van der Waals surface area contributed by atoms with Gasteiger partial charge < -0.3 is 10.1 Å². The number of aromatic nitrogens is 2. The number of nitrogens with zero attached hydrogens (tertiary/aromatic N) is 2. The lowest BCUT2D eigenvalue weighted by Crippen LogP contribution is -2.30. The Kier molecular flexibility index (Phi) is 5.14. The standard InChI is InChI=1S/C20H21N3O2/c1-15(22-20(24)14-23-13-5-12-21-23)16-8-10-17(11-9-16)18-6-3-4-7-19(18)25-2/h3-13,15H,14H2,1-2H3,(H,22,24)/t15-/m1/s1. The maximum absolute atomic E-state index is 12.1. The summed E-state index contributed by atoms with van der Waals surface area (Å²) in [5.74, 6) is 0.779. The third-order valence-electron chi connectivity index (χ3n) is 4.07. The zero-order valence-electron chi connectivity index (χ0n) is 14.3. The summed E-state index contributed by atoms with van der Waals surface area (Å²) in [4.78, 5) is 12.1. The number of amides is 1. The molecule has 1 amide bonds. The molecule has 0 radical (unpaired) electrons. The Balaban J connectivity index is 1.68. The summed E-state index contributed by atoms with van der Waals surface area (Å²) in [5.41, 5.74) is 3.18. The highest BCUT2D eigenvalue weighted by molar-refractivity contribution is 5.76. The Hall–Kier alpha value is -3.08. The molecule has 0 aliphatic rings. The molecule has 0 fully saturated rings. The van der Waals surface area contributed by atoms with E-state index in [1.165, 1.54) is 0 Å². The summed E-state index contributed by atoms with van der Waals surface area (Å²) in [6.45, 7) is 2.19. The van der Waals surface area contributed by atoms with Gasteiger partial charge in [-0.25, -0.2) is 0 Å². The molecule has 1 atom stereocenters. The summed E-state index contributed by atoms with van der Waals surface area (Å²) in [6.07, 6.45) is 3.43. The monoisotopic (exact) mass is 335 g/mol. The Morgan fingerprint density at radius 2 is 1.92 bits per heavy atom. The number of para-hydroxylation sites is 1. The molecule has 1 heterocycles. The molecule has 1 aromatic heterocycles. The van der Waals surface area contributed by atoms with Gasteiger partial charge in [-0.15, -0.1) is 0 Å². The van der Waals surface area contributed by atoms with Crippen LogP contribution in [-0.4, -0.2) is 22.8 Å². The second kappa shape index (κ2) is 7.66. The number of methoxy groups -OCH3 is 1. The highest BCUT2D eigenvalue weighted by atomic mass is 16.5. The van der Waals surface area contributed by atoms with Gasteiger partial charge in [0.25, 0.3) is 0 Å². The molecule has 3 rings (SSSR count). The second-order valence-electron chi connectivity index (χ2n) is 5.82. The van der Waals surface area contributed by atoms with E-state index < -0.39 is 0 Å². The largest absolute Gasteiger partial charge is 0.496 e. The number of nitrogens with one attached hydrogen (secondary N) is 1. The van der Waals surface area contributed by atoms with Gasteiger partial charge in [-0.2, -0.15) is 5.10 Å². The molecule has 0 spiro atoms. The van der Waals surface area contributed by atoms with Crippen molar-refractivity contribution in [3.63, 3.8) is 0 Å². The van der Waals surface area contributed by atoms with Gasteiger partial charge in [0, 0.05) is 18.0 Å². The Labute approximate surface area is 147 Å². The summed E-state index contributed by atoms with van der Waals surface area (Å²) in [7, 11) is 1.67. The molecule has 1 N–H and O–H groups in total. The van der Waals surface area contributed by atoms with Crippen molar-refractivity contribution in [1.82, 2.24) is 15.1 Å². The molecule has 0 saturated heterocycles. The van der Waals surface area contributed by atoms with Gasteiger partial charge in [0.1, 0.15) is 12.3 Å². The molecule has 0 unspecified atom stereocenters. The molecule has 128 valence electrons. The number of ether oxygens (including phenoxy) is 1. The summed E-state index contributed by atoms with van der Waals surface area (Å²) in [5, 5.41) is 7.03. The molecule has 2 aromatic carbocycles. The third-order valence-corrected chi connectivity index (χ3v) is 4.07. The number of benzene rings is 2. The normalized spacial score (nSPS) is 11.8. The van der Waals surface area contributed by atoms with Crippen molar-refractivity contribution in [2.24, 2.45) is 0 Å². The van der Waals surface area contributed by atoms with Crippen molar-refractivity contribution in [3.05, 3.63) is 72.6 Å². The lowest BCUT2D eigenvalue weighted by molar-refractivity contribution is -0.122. The number of carbonyl (C=O) groups is 1. The van der Waals surface area contributed by atoms with Crippen LogP contribution < -0.4 is 10.1 Å². The summed E-state index contributed by atoms with van der Waals surface area (Å²) < 4.78 is 7.02. The highest BCUT2D eigenvalue weighted by Crippen LogP contribution is 2.30. The predicted molar refractivity (Wildman–Crippen MR) is 97.2 cm³/mol. The van der Waals surface area contributed by atoms with E-state index in [4.69, 9.17) is 4.74 Å². The maximum atomic E-state index is 12.1. The molecule has 5 heteroatoms. The molecule has 3 aromatic rings. The average Bonchev–Trinajstić information content (AvgIpc) is 3.14. The maximum Gasteiger partial charge on any atom is 0.242 e. The first-order valence-corrected chi connectivity index (χ1v) is 8.17. The van der Waals surface area contributed by atoms with Crippen LogP contribution >= 0.6 is 0 Å². The zero-order chi connectivity index (χ0) is 17.6. The minimum atomic E-state index is -0.0743.